The van der Waals surface area contributed by atoms with E-state index in [0.717, 1.165) is 5.56 Å². The molecule has 0 aliphatic rings. The minimum Gasteiger partial charge on any atom is -0.444 e. The van der Waals surface area contributed by atoms with E-state index in [9.17, 15) is 9.00 Å². The Balaban J connectivity index is 2.34. The zero-order valence-corrected chi connectivity index (χ0v) is 7.99. The second-order valence-corrected chi connectivity index (χ2v) is 3.12. The summed E-state index contributed by atoms with van der Waals surface area (Å²) in [7, 11) is 0. The molecule has 0 aliphatic carbocycles. The second-order valence-electron chi connectivity index (χ2n) is 2.41. The van der Waals surface area contributed by atoms with Crippen LogP contribution in [0.15, 0.2) is 30.3 Å². The molecule has 1 aromatic rings. The molecule has 0 saturated heterocycles. The van der Waals surface area contributed by atoms with Gasteiger partial charge in [-0.15, -0.1) is 0 Å². The van der Waals surface area contributed by atoms with E-state index in [1.807, 2.05) is 6.07 Å². The lowest BCUT2D eigenvalue weighted by Crippen LogP contribution is -2.25. The standard InChI is InChI=1S/C8H9NO4S/c10-8(9-14(11)12)13-6-7-4-2-1-3-5-7/h1-5H,6H2,(H,9,10)(H,11,12). The minimum absolute atomic E-state index is 0.0733. The Labute approximate surface area is 83.5 Å². The van der Waals surface area contributed by atoms with Crippen molar-refractivity contribution in [2.75, 3.05) is 0 Å². The van der Waals surface area contributed by atoms with Crippen LogP contribution in [0.25, 0.3) is 0 Å². The van der Waals surface area contributed by atoms with Crippen molar-refractivity contribution in [1.29, 1.82) is 0 Å². The Morgan fingerprint density at radius 2 is 2.07 bits per heavy atom. The normalized spacial score (nSPS) is 11.8. The average molecular weight is 215 g/mol. The summed E-state index contributed by atoms with van der Waals surface area (Å²) in [5.41, 5.74) is 0.811. The molecule has 1 rings (SSSR count). The first kappa shape index (κ1) is 10.7. The first-order valence-corrected chi connectivity index (χ1v) is 4.87. The highest BCUT2D eigenvalue weighted by Crippen LogP contribution is 2.00. The topological polar surface area (TPSA) is 75.6 Å². The fourth-order valence-electron chi connectivity index (χ4n) is 0.824. The van der Waals surface area contributed by atoms with Gasteiger partial charge in [-0.05, 0) is 5.56 Å². The van der Waals surface area contributed by atoms with Crippen molar-refractivity contribution in [2.24, 2.45) is 0 Å². The van der Waals surface area contributed by atoms with Crippen molar-refractivity contribution in [3.63, 3.8) is 0 Å². The van der Waals surface area contributed by atoms with Crippen molar-refractivity contribution < 1.29 is 18.3 Å². The van der Waals surface area contributed by atoms with Gasteiger partial charge in [-0.25, -0.2) is 13.7 Å². The Morgan fingerprint density at radius 3 is 2.64 bits per heavy atom. The Bertz CT molecular complexity index is 327. The third-order valence-electron chi connectivity index (χ3n) is 1.38. The van der Waals surface area contributed by atoms with Gasteiger partial charge in [0, 0.05) is 0 Å². The average Bonchev–Trinajstić information content (AvgIpc) is 2.15. The van der Waals surface area contributed by atoms with Crippen LogP contribution >= 0.6 is 0 Å². The molecule has 76 valence electrons. The van der Waals surface area contributed by atoms with Gasteiger partial charge >= 0.3 is 6.09 Å². The molecule has 0 aliphatic heterocycles. The smallest absolute Gasteiger partial charge is 0.421 e. The highest BCUT2D eigenvalue weighted by molar-refractivity contribution is 7.77. The largest absolute Gasteiger partial charge is 0.444 e. The lowest BCUT2D eigenvalue weighted by Gasteiger charge is -2.03. The molecule has 1 unspecified atom stereocenters. The van der Waals surface area contributed by atoms with Gasteiger partial charge in [-0.3, -0.25) is 4.55 Å². The highest BCUT2D eigenvalue weighted by Gasteiger charge is 2.04. The number of rotatable bonds is 3. The Kier molecular flexibility index (Phi) is 4.09. The number of benzene rings is 1. The maximum Gasteiger partial charge on any atom is 0.421 e. The maximum atomic E-state index is 10.7. The summed E-state index contributed by atoms with van der Waals surface area (Å²) in [5.74, 6) is 0. The van der Waals surface area contributed by atoms with Crippen LogP contribution in [0, 0.1) is 0 Å². The fraction of sp³-hybridized carbons (Fsp3) is 0.125. The molecule has 14 heavy (non-hydrogen) atoms. The molecule has 2 N–H and O–H groups in total. The molecule has 0 aromatic heterocycles. The SMILES string of the molecule is O=C(NS(=O)O)OCc1ccccc1. The van der Waals surface area contributed by atoms with E-state index in [2.05, 4.69) is 4.74 Å². The summed E-state index contributed by atoms with van der Waals surface area (Å²) in [5, 5.41) is 0. The third kappa shape index (κ3) is 4.01. The Morgan fingerprint density at radius 1 is 1.43 bits per heavy atom. The summed E-state index contributed by atoms with van der Waals surface area (Å²) < 4.78 is 24.7. The van der Waals surface area contributed by atoms with Crippen molar-refractivity contribution in [3.8, 4) is 0 Å². The van der Waals surface area contributed by atoms with Gasteiger partial charge in [0.05, 0.1) is 0 Å². The van der Waals surface area contributed by atoms with E-state index in [0.29, 0.717) is 0 Å². The molecule has 0 fully saturated rings. The van der Waals surface area contributed by atoms with Gasteiger partial charge in [0.15, 0.2) is 0 Å². The van der Waals surface area contributed by atoms with Gasteiger partial charge in [0.1, 0.15) is 6.61 Å². The van der Waals surface area contributed by atoms with E-state index >= 15 is 0 Å². The molecule has 1 aromatic carbocycles. The van der Waals surface area contributed by atoms with Crippen LogP contribution in [0.5, 0.6) is 0 Å². The number of carbonyl (C=O) groups is 1. The van der Waals surface area contributed by atoms with Crippen molar-refractivity contribution in [2.45, 2.75) is 6.61 Å². The summed E-state index contributed by atoms with van der Waals surface area (Å²) in [6.07, 6.45) is -0.922. The van der Waals surface area contributed by atoms with Gasteiger partial charge in [0.25, 0.3) is 11.3 Å². The fourth-order valence-corrected chi connectivity index (χ4v) is 1.03. The lowest BCUT2D eigenvalue weighted by atomic mass is 10.2. The first-order chi connectivity index (χ1) is 6.68. The lowest BCUT2D eigenvalue weighted by molar-refractivity contribution is 0.146. The molecule has 1 atom stereocenters. The predicted octanol–water partition coefficient (Wildman–Crippen LogP) is 1.05. The summed E-state index contributed by atoms with van der Waals surface area (Å²) in [4.78, 5) is 10.7. The number of ether oxygens (including phenoxy) is 1. The van der Waals surface area contributed by atoms with E-state index < -0.39 is 17.4 Å². The number of hydrogen-bond acceptors (Lipinski definition) is 3. The highest BCUT2D eigenvalue weighted by atomic mass is 32.2. The molecule has 0 saturated carbocycles. The minimum atomic E-state index is -2.38. The van der Waals surface area contributed by atoms with E-state index in [1.54, 1.807) is 29.0 Å². The van der Waals surface area contributed by atoms with E-state index in [-0.39, 0.29) is 6.61 Å². The van der Waals surface area contributed by atoms with Crippen LogP contribution < -0.4 is 4.72 Å². The van der Waals surface area contributed by atoms with Crippen LogP contribution in [0.3, 0.4) is 0 Å². The summed E-state index contributed by atoms with van der Waals surface area (Å²) >= 11 is -2.38. The molecule has 6 heteroatoms. The zero-order valence-electron chi connectivity index (χ0n) is 7.17. The van der Waals surface area contributed by atoms with Gasteiger partial charge in [-0.2, -0.15) is 0 Å². The molecule has 0 bridgehead atoms. The van der Waals surface area contributed by atoms with Crippen molar-refractivity contribution in [1.82, 2.24) is 4.72 Å². The molecule has 0 radical (unpaired) electrons. The molecule has 5 nitrogen and oxygen atoms in total. The van der Waals surface area contributed by atoms with E-state index in [4.69, 9.17) is 4.55 Å². The van der Waals surface area contributed by atoms with Crippen LogP contribution in [0.4, 0.5) is 4.79 Å². The van der Waals surface area contributed by atoms with Crippen molar-refractivity contribution in [3.05, 3.63) is 35.9 Å². The van der Waals surface area contributed by atoms with Gasteiger partial charge < -0.3 is 4.74 Å². The molecule has 0 spiro atoms. The summed E-state index contributed by atoms with van der Waals surface area (Å²) in [6, 6.07) is 9.01. The van der Waals surface area contributed by atoms with Crippen LogP contribution in [0.2, 0.25) is 0 Å². The monoisotopic (exact) mass is 215 g/mol. The number of nitrogens with one attached hydrogen (secondary N) is 1. The number of carbonyl (C=O) groups excluding carboxylic acids is 1. The van der Waals surface area contributed by atoms with Crippen LogP contribution in [-0.4, -0.2) is 14.9 Å². The summed E-state index contributed by atoms with van der Waals surface area (Å²) in [6.45, 7) is 0.0733. The second kappa shape index (κ2) is 5.36. The van der Waals surface area contributed by atoms with Crippen LogP contribution in [-0.2, 0) is 22.6 Å². The first-order valence-electron chi connectivity index (χ1n) is 3.76. The molecular formula is C8H9NO4S. The predicted molar refractivity (Wildman–Crippen MR) is 50.5 cm³/mol. The molecule has 1 amide bonds. The van der Waals surface area contributed by atoms with Crippen molar-refractivity contribution >= 4 is 17.4 Å². The van der Waals surface area contributed by atoms with E-state index in [1.165, 1.54) is 0 Å². The zero-order chi connectivity index (χ0) is 10.4. The van der Waals surface area contributed by atoms with Gasteiger partial charge in [-0.1, -0.05) is 30.3 Å². The number of amides is 1. The third-order valence-corrected chi connectivity index (χ3v) is 1.72. The van der Waals surface area contributed by atoms with Crippen LogP contribution in [0.1, 0.15) is 5.56 Å². The quantitative estimate of drug-likeness (QED) is 0.739. The molecule has 0 heterocycles. The molecular weight excluding hydrogens is 206 g/mol. The maximum absolute atomic E-state index is 10.7. The van der Waals surface area contributed by atoms with Gasteiger partial charge in [0.2, 0.25) is 0 Å². The Hall–Kier alpha value is -1.40. The number of hydrogen-bond donors (Lipinski definition) is 2.